The van der Waals surface area contributed by atoms with Gasteiger partial charge in [0.1, 0.15) is 0 Å². The quantitative estimate of drug-likeness (QED) is 0.633. The lowest BCUT2D eigenvalue weighted by molar-refractivity contribution is -0.0407. The highest BCUT2D eigenvalue weighted by molar-refractivity contribution is 14.1. The lowest BCUT2D eigenvalue weighted by Crippen LogP contribution is -2.14. The van der Waals surface area contributed by atoms with Gasteiger partial charge in [-0.05, 0) is 34.7 Å². The molecule has 0 aromatic heterocycles. The van der Waals surface area contributed by atoms with Crippen molar-refractivity contribution in [2.75, 3.05) is 13.2 Å². The third-order valence-electron chi connectivity index (χ3n) is 2.21. The van der Waals surface area contributed by atoms with Crippen molar-refractivity contribution in [2.45, 2.75) is 12.7 Å². The summed E-state index contributed by atoms with van der Waals surface area (Å²) >= 11 is 2.21. The van der Waals surface area contributed by atoms with Crippen LogP contribution in [0.5, 0.6) is 0 Å². The predicted molar refractivity (Wildman–Crippen MR) is 63.8 cm³/mol. The summed E-state index contributed by atoms with van der Waals surface area (Å²) in [6, 6.07) is 7.51. The van der Waals surface area contributed by atoms with Crippen LogP contribution in [0.2, 0.25) is 0 Å². The van der Waals surface area contributed by atoms with Crippen molar-refractivity contribution in [2.24, 2.45) is 0 Å². The van der Waals surface area contributed by atoms with Gasteiger partial charge >= 0.3 is 0 Å². The molecule has 0 spiro atoms. The van der Waals surface area contributed by atoms with Crippen molar-refractivity contribution in [3.05, 3.63) is 33.4 Å². The fourth-order valence-corrected chi connectivity index (χ4v) is 1.79. The number of carbonyl (C=O) groups excluding carboxylic acids is 1. The zero-order chi connectivity index (χ0) is 10.7. The van der Waals surface area contributed by atoms with Gasteiger partial charge in [-0.3, -0.25) is 4.79 Å². The van der Waals surface area contributed by atoms with Crippen LogP contribution in [0.3, 0.4) is 0 Å². The van der Waals surface area contributed by atoms with E-state index < -0.39 is 0 Å². The number of carbonyl (C=O) groups is 1. The van der Waals surface area contributed by atoms with E-state index in [-0.39, 0.29) is 12.1 Å². The highest BCUT2D eigenvalue weighted by Crippen LogP contribution is 2.14. The number of Topliss-reactive ketones (excluding diaryl/α,β-unsaturated/α-hetero) is 1. The van der Waals surface area contributed by atoms with E-state index in [2.05, 4.69) is 22.6 Å². The number of ketones is 1. The third kappa shape index (κ3) is 2.99. The molecule has 1 saturated heterocycles. The number of benzene rings is 1. The molecule has 0 atom stereocenters. The van der Waals surface area contributed by atoms with Crippen LogP contribution in [0.4, 0.5) is 0 Å². The van der Waals surface area contributed by atoms with E-state index in [1.54, 1.807) is 0 Å². The van der Waals surface area contributed by atoms with E-state index in [4.69, 9.17) is 9.47 Å². The van der Waals surface area contributed by atoms with Crippen LogP contribution >= 0.6 is 22.6 Å². The number of ether oxygens (including phenoxy) is 2. The fourth-order valence-electron chi connectivity index (χ4n) is 1.43. The van der Waals surface area contributed by atoms with Crippen LogP contribution in [-0.4, -0.2) is 25.3 Å². The van der Waals surface area contributed by atoms with Crippen molar-refractivity contribution in [3.8, 4) is 0 Å². The maximum atomic E-state index is 11.7. The van der Waals surface area contributed by atoms with Gasteiger partial charge in [-0.15, -0.1) is 0 Å². The molecule has 80 valence electrons. The van der Waals surface area contributed by atoms with E-state index >= 15 is 0 Å². The Bertz CT molecular complexity index is 341. The Balaban J connectivity index is 1.98. The molecule has 1 aromatic carbocycles. The lowest BCUT2D eigenvalue weighted by atomic mass is 10.1. The zero-order valence-electron chi connectivity index (χ0n) is 8.11. The fraction of sp³-hybridized carbons (Fsp3) is 0.364. The molecule has 1 aromatic rings. The predicted octanol–water partition coefficient (Wildman–Crippen LogP) is 2.24. The minimum atomic E-state index is -0.350. The number of hydrogen-bond acceptors (Lipinski definition) is 3. The van der Waals surface area contributed by atoms with Crippen LogP contribution < -0.4 is 0 Å². The standard InChI is InChI=1S/C11H11IO3/c12-9-3-1-8(2-4-9)10(13)7-11-14-5-6-15-11/h1-4,11H,5-7H2. The Morgan fingerprint density at radius 2 is 1.87 bits per heavy atom. The van der Waals surface area contributed by atoms with Crippen molar-refractivity contribution in [1.82, 2.24) is 0 Å². The summed E-state index contributed by atoms with van der Waals surface area (Å²) in [5.41, 5.74) is 0.717. The van der Waals surface area contributed by atoms with Gasteiger partial charge in [-0.25, -0.2) is 0 Å². The Morgan fingerprint density at radius 3 is 2.47 bits per heavy atom. The van der Waals surface area contributed by atoms with E-state index in [0.29, 0.717) is 19.6 Å². The molecule has 2 rings (SSSR count). The minimum Gasteiger partial charge on any atom is -0.350 e. The van der Waals surface area contributed by atoms with Crippen LogP contribution in [-0.2, 0) is 9.47 Å². The summed E-state index contributed by atoms with van der Waals surface area (Å²) in [5.74, 6) is 0.0679. The van der Waals surface area contributed by atoms with E-state index in [1.165, 1.54) is 0 Å². The SMILES string of the molecule is O=C(CC1OCCO1)c1ccc(I)cc1. The first-order valence-corrected chi connectivity index (χ1v) is 5.85. The number of rotatable bonds is 3. The first kappa shape index (κ1) is 11.0. The first-order chi connectivity index (χ1) is 7.25. The van der Waals surface area contributed by atoms with Crippen molar-refractivity contribution >= 4 is 28.4 Å². The Hall–Kier alpha value is -0.460. The summed E-state index contributed by atoms with van der Waals surface area (Å²) in [4.78, 5) is 11.7. The summed E-state index contributed by atoms with van der Waals surface area (Å²) in [7, 11) is 0. The Kier molecular flexibility index (Phi) is 3.71. The van der Waals surface area contributed by atoms with Gasteiger partial charge < -0.3 is 9.47 Å². The van der Waals surface area contributed by atoms with Crippen LogP contribution in [0.25, 0.3) is 0 Å². The van der Waals surface area contributed by atoms with Gasteiger partial charge in [0, 0.05) is 9.13 Å². The molecule has 15 heavy (non-hydrogen) atoms. The molecule has 1 aliphatic rings. The normalized spacial score (nSPS) is 16.9. The molecule has 1 fully saturated rings. The zero-order valence-corrected chi connectivity index (χ0v) is 10.3. The molecule has 4 heteroatoms. The molecule has 0 aliphatic carbocycles. The van der Waals surface area contributed by atoms with Gasteiger partial charge in [0.05, 0.1) is 19.6 Å². The molecule has 0 amide bonds. The second kappa shape index (κ2) is 5.05. The molecular weight excluding hydrogens is 307 g/mol. The van der Waals surface area contributed by atoms with Gasteiger partial charge in [-0.1, -0.05) is 12.1 Å². The second-order valence-electron chi connectivity index (χ2n) is 3.31. The molecule has 0 radical (unpaired) electrons. The maximum Gasteiger partial charge on any atom is 0.167 e. The summed E-state index contributed by atoms with van der Waals surface area (Å²) in [5, 5.41) is 0. The lowest BCUT2D eigenvalue weighted by Gasteiger charge is -2.07. The van der Waals surface area contributed by atoms with E-state index in [9.17, 15) is 4.79 Å². The van der Waals surface area contributed by atoms with Crippen molar-refractivity contribution in [1.29, 1.82) is 0 Å². The van der Waals surface area contributed by atoms with E-state index in [1.807, 2.05) is 24.3 Å². The Morgan fingerprint density at radius 1 is 1.27 bits per heavy atom. The highest BCUT2D eigenvalue weighted by atomic mass is 127. The maximum absolute atomic E-state index is 11.7. The van der Waals surface area contributed by atoms with Gasteiger partial charge in [-0.2, -0.15) is 0 Å². The Labute approximate surface area is 102 Å². The summed E-state index contributed by atoms with van der Waals surface area (Å²) < 4.78 is 11.6. The van der Waals surface area contributed by atoms with Gasteiger partial charge in [0.25, 0.3) is 0 Å². The van der Waals surface area contributed by atoms with E-state index in [0.717, 1.165) is 9.13 Å². The average Bonchev–Trinajstić information content (AvgIpc) is 2.71. The van der Waals surface area contributed by atoms with Crippen LogP contribution in [0.15, 0.2) is 24.3 Å². The average molecular weight is 318 g/mol. The van der Waals surface area contributed by atoms with Crippen molar-refractivity contribution in [3.63, 3.8) is 0 Å². The van der Waals surface area contributed by atoms with Gasteiger partial charge in [0.15, 0.2) is 12.1 Å². The molecule has 1 aliphatic heterocycles. The topological polar surface area (TPSA) is 35.5 Å². The highest BCUT2D eigenvalue weighted by Gasteiger charge is 2.20. The molecule has 1 heterocycles. The summed E-state index contributed by atoms with van der Waals surface area (Å²) in [6.07, 6.45) is -0.0441. The number of hydrogen-bond donors (Lipinski definition) is 0. The number of halogens is 1. The molecule has 3 nitrogen and oxygen atoms in total. The minimum absolute atomic E-state index is 0.0679. The van der Waals surface area contributed by atoms with Crippen molar-refractivity contribution < 1.29 is 14.3 Å². The largest absolute Gasteiger partial charge is 0.350 e. The monoisotopic (exact) mass is 318 g/mol. The molecule has 0 N–H and O–H groups in total. The van der Waals surface area contributed by atoms with Crippen LogP contribution in [0, 0.1) is 3.57 Å². The molecular formula is C11H11IO3. The van der Waals surface area contributed by atoms with Crippen LogP contribution in [0.1, 0.15) is 16.8 Å². The molecule has 0 bridgehead atoms. The molecule has 0 unspecified atom stereocenters. The molecule has 0 saturated carbocycles. The second-order valence-corrected chi connectivity index (χ2v) is 4.55. The first-order valence-electron chi connectivity index (χ1n) is 4.78. The smallest absolute Gasteiger partial charge is 0.167 e. The third-order valence-corrected chi connectivity index (χ3v) is 2.93. The van der Waals surface area contributed by atoms with Gasteiger partial charge in [0.2, 0.25) is 0 Å². The summed E-state index contributed by atoms with van der Waals surface area (Å²) in [6.45, 7) is 1.18.